The third-order valence-corrected chi connectivity index (χ3v) is 7.40. The first-order valence-corrected chi connectivity index (χ1v) is 14.3. The highest BCUT2D eigenvalue weighted by atomic mass is 16.8. The normalized spacial score (nSPS) is 30.4. The molecule has 0 unspecified atom stereocenters. The van der Waals surface area contributed by atoms with E-state index in [1.54, 1.807) is 13.8 Å². The molecule has 240 valence electrons. The predicted molar refractivity (Wildman–Crippen MR) is 151 cm³/mol. The molecule has 12 heteroatoms. The number of hydrogen-bond acceptors (Lipinski definition) is 12. The molecule has 2 heterocycles. The van der Waals surface area contributed by atoms with Gasteiger partial charge >= 0.3 is 0 Å². The summed E-state index contributed by atoms with van der Waals surface area (Å²) in [6.07, 6.45) is -11.8. The molecule has 2 saturated heterocycles. The van der Waals surface area contributed by atoms with Crippen molar-refractivity contribution in [3.05, 3.63) is 71.8 Å². The maximum Gasteiger partial charge on any atom is 0.187 e. The summed E-state index contributed by atoms with van der Waals surface area (Å²) in [5, 5.41) is 43.2. The highest BCUT2D eigenvalue weighted by Gasteiger charge is 2.54. The third-order valence-electron chi connectivity index (χ3n) is 7.40. The van der Waals surface area contributed by atoms with E-state index in [-0.39, 0.29) is 19.8 Å². The summed E-state index contributed by atoms with van der Waals surface area (Å²) in [5.74, 6) is -1.11. The van der Waals surface area contributed by atoms with Crippen molar-refractivity contribution in [1.29, 1.82) is 0 Å². The number of rotatable bonds is 15. The van der Waals surface area contributed by atoms with Crippen LogP contribution in [-0.4, -0.2) is 115 Å². The zero-order valence-electron chi connectivity index (χ0n) is 24.9. The Morgan fingerprint density at radius 3 is 2.00 bits per heavy atom. The number of aliphatic hydroxyl groups is 4. The van der Waals surface area contributed by atoms with Crippen LogP contribution in [0.3, 0.4) is 0 Å². The fraction of sp³-hybridized carbons (Fsp3) is 0.613. The van der Waals surface area contributed by atoms with Crippen molar-refractivity contribution in [2.75, 3.05) is 27.4 Å². The predicted octanol–water partition coefficient (Wildman–Crippen LogP) is 1.11. The number of aliphatic hydroxyl groups excluding tert-OH is 4. The van der Waals surface area contributed by atoms with Gasteiger partial charge < -0.3 is 58.3 Å². The smallest absolute Gasteiger partial charge is 0.187 e. The minimum atomic E-state index is -1.46. The topological polar surface area (TPSA) is 155 Å². The first kappa shape index (κ1) is 33.8. The van der Waals surface area contributed by atoms with E-state index < -0.39 is 73.8 Å². The molecule has 0 bridgehead atoms. The Balaban J connectivity index is 1.57. The highest BCUT2D eigenvalue weighted by molar-refractivity contribution is 5.14. The average Bonchev–Trinajstić information content (AvgIpc) is 3.33. The molecule has 2 aromatic carbocycles. The zero-order chi connectivity index (χ0) is 31.0. The molecule has 43 heavy (non-hydrogen) atoms. The van der Waals surface area contributed by atoms with Gasteiger partial charge in [-0.1, -0.05) is 60.7 Å². The van der Waals surface area contributed by atoms with Gasteiger partial charge in [-0.25, -0.2) is 0 Å². The van der Waals surface area contributed by atoms with Gasteiger partial charge in [0.05, 0.1) is 26.4 Å². The number of methoxy groups -OCH3 is 2. The summed E-state index contributed by atoms with van der Waals surface area (Å²) in [7, 11) is 2.88. The molecule has 0 aromatic heterocycles. The Hall–Kier alpha value is -2.04. The second kappa shape index (κ2) is 15.8. The van der Waals surface area contributed by atoms with Gasteiger partial charge in [0.15, 0.2) is 18.4 Å². The minimum Gasteiger partial charge on any atom is -0.394 e. The van der Waals surface area contributed by atoms with Crippen molar-refractivity contribution in [3.63, 3.8) is 0 Å². The van der Waals surface area contributed by atoms with Crippen molar-refractivity contribution < 1.29 is 58.3 Å². The minimum absolute atomic E-state index is 0.0697. The van der Waals surface area contributed by atoms with Crippen LogP contribution in [0.4, 0.5) is 0 Å². The Morgan fingerprint density at radius 2 is 1.42 bits per heavy atom. The summed E-state index contributed by atoms with van der Waals surface area (Å²) in [4.78, 5) is 0. The molecule has 0 spiro atoms. The fourth-order valence-electron chi connectivity index (χ4n) is 5.26. The molecule has 0 amide bonds. The van der Waals surface area contributed by atoms with Gasteiger partial charge in [-0.15, -0.1) is 0 Å². The quantitative estimate of drug-likeness (QED) is 0.214. The molecule has 0 aliphatic carbocycles. The van der Waals surface area contributed by atoms with Crippen LogP contribution in [0, 0.1) is 0 Å². The molecule has 2 aliphatic heterocycles. The lowest BCUT2D eigenvalue weighted by Crippen LogP contribution is -2.62. The molecule has 0 saturated carbocycles. The molecule has 4 N–H and O–H groups in total. The van der Waals surface area contributed by atoms with Crippen LogP contribution < -0.4 is 0 Å². The lowest BCUT2D eigenvalue weighted by Gasteiger charge is -2.44. The molecule has 2 fully saturated rings. The van der Waals surface area contributed by atoms with Gasteiger partial charge in [0.1, 0.15) is 48.8 Å². The summed E-state index contributed by atoms with van der Waals surface area (Å²) in [6, 6.07) is 18.8. The second-order valence-corrected chi connectivity index (χ2v) is 11.0. The van der Waals surface area contributed by atoms with Gasteiger partial charge in [-0.05, 0) is 25.0 Å². The first-order chi connectivity index (χ1) is 20.7. The Labute approximate surface area is 251 Å². The zero-order valence-corrected chi connectivity index (χ0v) is 24.9. The molecular formula is C31H44O12. The van der Waals surface area contributed by atoms with Crippen molar-refractivity contribution in [1.82, 2.24) is 0 Å². The van der Waals surface area contributed by atoms with Crippen LogP contribution in [0.25, 0.3) is 0 Å². The summed E-state index contributed by atoms with van der Waals surface area (Å²) in [5.41, 5.74) is 1.75. The van der Waals surface area contributed by atoms with Gasteiger partial charge in [0.25, 0.3) is 0 Å². The fourth-order valence-corrected chi connectivity index (χ4v) is 5.26. The number of ether oxygens (including phenoxy) is 8. The Bertz CT molecular complexity index is 1070. The second-order valence-electron chi connectivity index (χ2n) is 11.0. The van der Waals surface area contributed by atoms with E-state index in [0.717, 1.165) is 11.1 Å². The maximum atomic E-state index is 11.2. The molecule has 0 radical (unpaired) electrons. The monoisotopic (exact) mass is 608 g/mol. The van der Waals surface area contributed by atoms with Gasteiger partial charge in [-0.2, -0.15) is 0 Å². The molecule has 2 aliphatic rings. The van der Waals surface area contributed by atoms with E-state index in [0.29, 0.717) is 0 Å². The van der Waals surface area contributed by atoms with Crippen LogP contribution in [-0.2, 0) is 51.1 Å². The number of hydrogen-bond donors (Lipinski definition) is 4. The maximum absolute atomic E-state index is 11.2. The first-order valence-electron chi connectivity index (χ1n) is 14.3. The lowest BCUT2D eigenvalue weighted by molar-refractivity contribution is -0.337. The largest absolute Gasteiger partial charge is 0.394 e. The van der Waals surface area contributed by atoms with Crippen LogP contribution >= 0.6 is 0 Å². The SMILES string of the molecule is COC(OC)[C@@H]1OC(C)(C)O[C@H]1[C@H](O[C@@H]1O[C@H](COCc2ccccc2)[C@H](O)[C@H](O)[C@H]1OCc1ccccc1)[C@H](O)CO. The van der Waals surface area contributed by atoms with Crippen LogP contribution in [0.2, 0.25) is 0 Å². The van der Waals surface area contributed by atoms with E-state index in [4.69, 9.17) is 37.9 Å². The van der Waals surface area contributed by atoms with E-state index >= 15 is 0 Å². The molecule has 4 rings (SSSR count). The summed E-state index contributed by atoms with van der Waals surface area (Å²) in [6.45, 7) is 2.96. The summed E-state index contributed by atoms with van der Waals surface area (Å²) >= 11 is 0. The van der Waals surface area contributed by atoms with E-state index in [2.05, 4.69) is 0 Å². The van der Waals surface area contributed by atoms with Gasteiger partial charge in [0, 0.05) is 14.2 Å². The average molecular weight is 609 g/mol. The summed E-state index contributed by atoms with van der Waals surface area (Å²) < 4.78 is 47.3. The van der Waals surface area contributed by atoms with Crippen molar-refractivity contribution in [2.45, 2.75) is 94.3 Å². The molecule has 9 atom stereocenters. The Kier molecular flexibility index (Phi) is 12.4. The van der Waals surface area contributed by atoms with E-state index in [9.17, 15) is 20.4 Å². The van der Waals surface area contributed by atoms with E-state index in [1.165, 1.54) is 14.2 Å². The van der Waals surface area contributed by atoms with Gasteiger partial charge in [-0.3, -0.25) is 0 Å². The van der Waals surface area contributed by atoms with Crippen LogP contribution in [0.5, 0.6) is 0 Å². The molecule has 2 aromatic rings. The number of benzene rings is 2. The van der Waals surface area contributed by atoms with Crippen LogP contribution in [0.1, 0.15) is 25.0 Å². The van der Waals surface area contributed by atoms with Crippen molar-refractivity contribution in [3.8, 4) is 0 Å². The van der Waals surface area contributed by atoms with E-state index in [1.807, 2.05) is 60.7 Å². The highest BCUT2D eigenvalue weighted by Crippen LogP contribution is 2.36. The van der Waals surface area contributed by atoms with Crippen LogP contribution in [0.15, 0.2) is 60.7 Å². The Morgan fingerprint density at radius 1 is 0.837 bits per heavy atom. The lowest BCUT2D eigenvalue weighted by atomic mass is 9.98. The third kappa shape index (κ3) is 8.78. The van der Waals surface area contributed by atoms with Crippen molar-refractivity contribution >= 4 is 0 Å². The molecular weight excluding hydrogens is 564 g/mol. The van der Waals surface area contributed by atoms with Crippen molar-refractivity contribution in [2.24, 2.45) is 0 Å². The van der Waals surface area contributed by atoms with Gasteiger partial charge in [0.2, 0.25) is 0 Å². The molecule has 12 nitrogen and oxygen atoms in total. The standard InChI is InChI=1S/C31H44O12/c1-31(2)42-27(28(43-31)29(36-3)37-4)25(21(33)15-32)41-30-26(39-17-20-13-9-6-10-14-20)24(35)23(34)22(40-30)18-38-16-19-11-7-5-8-12-19/h5-14,21-30,32-35H,15-18H2,1-4H3/t21-,22-,23+,24+,25-,26-,27+,28-,30+/m1/s1.